The molecule has 3 atom stereocenters. The quantitative estimate of drug-likeness (QED) is 0.473. The first-order valence-electron chi connectivity index (χ1n) is 11.9. The summed E-state index contributed by atoms with van der Waals surface area (Å²) in [6.45, 7) is 6.90. The predicted octanol–water partition coefficient (Wildman–Crippen LogP) is 6.95. The molecule has 2 bridgehead atoms. The lowest BCUT2D eigenvalue weighted by atomic mass is 9.55. The lowest BCUT2D eigenvalue weighted by Gasteiger charge is -2.51. The van der Waals surface area contributed by atoms with Gasteiger partial charge in [0.05, 0.1) is 11.5 Å². The van der Waals surface area contributed by atoms with Crippen molar-refractivity contribution >= 4 is 5.71 Å². The van der Waals surface area contributed by atoms with Gasteiger partial charge in [-0.25, -0.2) is 0 Å². The van der Waals surface area contributed by atoms with Crippen molar-refractivity contribution in [2.75, 3.05) is 0 Å². The second kappa shape index (κ2) is 7.71. The topological polar surface area (TPSA) is 32.6 Å². The Morgan fingerprint density at radius 2 is 1.34 bits per heavy atom. The molecule has 2 nitrogen and oxygen atoms in total. The molecule has 1 N–H and O–H groups in total. The van der Waals surface area contributed by atoms with Gasteiger partial charge in [-0.05, 0) is 54.2 Å². The minimum Gasteiger partial charge on any atom is -0.379 e. The minimum atomic E-state index is -1.14. The normalized spacial score (nSPS) is 26.4. The van der Waals surface area contributed by atoms with Gasteiger partial charge in [0.15, 0.2) is 0 Å². The molecule has 0 amide bonds. The molecule has 0 unspecified atom stereocenters. The Balaban J connectivity index is 1.75. The van der Waals surface area contributed by atoms with Crippen molar-refractivity contribution in [3.05, 3.63) is 108 Å². The van der Waals surface area contributed by atoms with Gasteiger partial charge in [0.1, 0.15) is 5.60 Å². The van der Waals surface area contributed by atoms with E-state index in [1.54, 1.807) is 0 Å². The number of hydrogen-bond acceptors (Lipinski definition) is 2. The van der Waals surface area contributed by atoms with E-state index in [1.165, 1.54) is 11.3 Å². The fraction of sp³-hybridized carbons (Fsp3) is 0.367. The first-order chi connectivity index (χ1) is 15.4. The van der Waals surface area contributed by atoms with Crippen LogP contribution in [0.15, 0.2) is 96.0 Å². The van der Waals surface area contributed by atoms with Crippen molar-refractivity contribution < 1.29 is 5.11 Å². The van der Waals surface area contributed by atoms with Gasteiger partial charge in [0.25, 0.3) is 0 Å². The number of nitrogens with zero attached hydrogens (tertiary/aromatic N) is 1. The van der Waals surface area contributed by atoms with Crippen LogP contribution >= 0.6 is 0 Å². The van der Waals surface area contributed by atoms with Crippen molar-refractivity contribution in [1.29, 1.82) is 0 Å². The van der Waals surface area contributed by atoms with Gasteiger partial charge >= 0.3 is 0 Å². The van der Waals surface area contributed by atoms with E-state index >= 15 is 0 Å². The molecule has 0 radical (unpaired) electrons. The Bertz CT molecular complexity index is 1060. The standard InChI is InChI=1S/C30H33NO/c1-22(23-13-7-4-8-14-23)31-27-21-26-19-20-29(27,28(26,2)3)30(32,24-15-9-5-10-16-24)25-17-11-6-12-18-25/h4-18,22,26,32H,19-21H2,1-3H3/t22-,26+,29+/m0/s1. The molecule has 2 heteroatoms. The molecule has 3 aromatic carbocycles. The van der Waals surface area contributed by atoms with E-state index in [4.69, 9.17) is 4.99 Å². The highest BCUT2D eigenvalue weighted by Crippen LogP contribution is 2.71. The number of hydrogen-bond donors (Lipinski definition) is 1. The number of benzene rings is 3. The number of rotatable bonds is 5. The van der Waals surface area contributed by atoms with Crippen molar-refractivity contribution in [1.82, 2.24) is 0 Å². The third kappa shape index (κ3) is 2.85. The molecule has 0 aliphatic heterocycles. The molecule has 5 rings (SSSR count). The Kier molecular flexibility index (Phi) is 5.09. The van der Waals surface area contributed by atoms with Crippen LogP contribution < -0.4 is 0 Å². The zero-order valence-corrected chi connectivity index (χ0v) is 19.3. The summed E-state index contributed by atoms with van der Waals surface area (Å²) in [6, 6.07) is 31.1. The molecular formula is C30H33NO. The average Bonchev–Trinajstić information content (AvgIpc) is 3.22. The largest absolute Gasteiger partial charge is 0.379 e. The summed E-state index contributed by atoms with van der Waals surface area (Å²) in [6.07, 6.45) is 3.05. The van der Waals surface area contributed by atoms with E-state index in [0.29, 0.717) is 5.92 Å². The molecular weight excluding hydrogens is 390 g/mol. The van der Waals surface area contributed by atoms with E-state index in [0.717, 1.165) is 30.4 Å². The van der Waals surface area contributed by atoms with Crippen molar-refractivity contribution in [2.45, 2.75) is 51.7 Å². The molecule has 0 saturated heterocycles. The molecule has 0 spiro atoms. The summed E-state index contributed by atoms with van der Waals surface area (Å²) in [7, 11) is 0. The lowest BCUT2D eigenvalue weighted by molar-refractivity contribution is -0.0632. The highest BCUT2D eigenvalue weighted by molar-refractivity contribution is 5.97. The molecule has 0 heterocycles. The Morgan fingerprint density at radius 1 is 0.844 bits per heavy atom. The number of aliphatic hydroxyl groups is 1. The molecule has 2 fully saturated rings. The fourth-order valence-electron chi connectivity index (χ4n) is 6.78. The summed E-state index contributed by atoms with van der Waals surface area (Å²) in [5, 5.41) is 12.9. The molecule has 2 saturated carbocycles. The maximum absolute atomic E-state index is 12.9. The van der Waals surface area contributed by atoms with Gasteiger partial charge in [-0.1, -0.05) is 105 Å². The fourth-order valence-corrected chi connectivity index (χ4v) is 6.78. The van der Waals surface area contributed by atoms with Gasteiger partial charge in [0.2, 0.25) is 0 Å². The van der Waals surface area contributed by atoms with E-state index < -0.39 is 11.0 Å². The molecule has 2 aliphatic rings. The molecule has 32 heavy (non-hydrogen) atoms. The first kappa shape index (κ1) is 21.2. The first-order valence-corrected chi connectivity index (χ1v) is 11.9. The average molecular weight is 424 g/mol. The van der Waals surface area contributed by atoms with Crippen LogP contribution in [0.1, 0.15) is 62.8 Å². The lowest BCUT2D eigenvalue weighted by Crippen LogP contribution is -2.55. The highest BCUT2D eigenvalue weighted by Gasteiger charge is 2.71. The van der Waals surface area contributed by atoms with Crippen LogP contribution in [0.25, 0.3) is 0 Å². The molecule has 0 aromatic heterocycles. The van der Waals surface area contributed by atoms with E-state index in [-0.39, 0.29) is 11.5 Å². The van der Waals surface area contributed by atoms with Crippen molar-refractivity contribution in [2.24, 2.45) is 21.7 Å². The second-order valence-corrected chi connectivity index (χ2v) is 10.2. The van der Waals surface area contributed by atoms with Crippen LogP contribution in [-0.2, 0) is 5.60 Å². The second-order valence-electron chi connectivity index (χ2n) is 10.2. The Labute approximate surface area is 192 Å². The summed E-state index contributed by atoms with van der Waals surface area (Å²) < 4.78 is 0. The third-order valence-corrected chi connectivity index (χ3v) is 8.55. The summed E-state index contributed by atoms with van der Waals surface area (Å²) in [4.78, 5) is 5.37. The van der Waals surface area contributed by atoms with Gasteiger partial charge in [-0.2, -0.15) is 0 Å². The minimum absolute atomic E-state index is 0.0639. The van der Waals surface area contributed by atoms with Gasteiger partial charge in [0, 0.05) is 5.71 Å². The van der Waals surface area contributed by atoms with Crippen LogP contribution in [0, 0.1) is 16.7 Å². The Hall–Kier alpha value is -2.71. The van der Waals surface area contributed by atoms with Crippen LogP contribution in [0.5, 0.6) is 0 Å². The van der Waals surface area contributed by atoms with Crippen LogP contribution in [0.4, 0.5) is 0 Å². The molecule has 164 valence electrons. The van der Waals surface area contributed by atoms with E-state index in [1.807, 2.05) is 36.4 Å². The van der Waals surface area contributed by atoms with Crippen molar-refractivity contribution in [3.8, 4) is 0 Å². The summed E-state index contributed by atoms with van der Waals surface area (Å²) >= 11 is 0. The summed E-state index contributed by atoms with van der Waals surface area (Å²) in [5.41, 5.74) is 2.67. The van der Waals surface area contributed by atoms with Crippen LogP contribution in [-0.4, -0.2) is 10.8 Å². The monoisotopic (exact) mass is 423 g/mol. The zero-order valence-electron chi connectivity index (χ0n) is 19.3. The number of fused-ring (bicyclic) bond motifs is 2. The smallest absolute Gasteiger partial charge is 0.126 e. The Morgan fingerprint density at radius 3 is 1.84 bits per heavy atom. The van der Waals surface area contributed by atoms with Gasteiger partial charge < -0.3 is 5.11 Å². The van der Waals surface area contributed by atoms with Crippen molar-refractivity contribution in [3.63, 3.8) is 0 Å². The SMILES string of the molecule is C[C@H](N=C1C[C@H]2CC[C@]1(C(O)(c1ccccc1)c1ccccc1)C2(C)C)c1ccccc1. The van der Waals surface area contributed by atoms with Gasteiger partial charge in [-0.3, -0.25) is 4.99 Å². The van der Waals surface area contributed by atoms with E-state index in [2.05, 4.69) is 75.4 Å². The number of aliphatic imine (C=N–C) groups is 1. The van der Waals surface area contributed by atoms with Gasteiger partial charge in [-0.15, -0.1) is 0 Å². The highest BCUT2D eigenvalue weighted by atomic mass is 16.3. The zero-order chi connectivity index (χ0) is 22.4. The van der Waals surface area contributed by atoms with Crippen LogP contribution in [0.2, 0.25) is 0 Å². The molecule has 2 aliphatic carbocycles. The molecule has 3 aromatic rings. The maximum atomic E-state index is 12.9. The summed E-state index contributed by atoms with van der Waals surface area (Å²) in [5.74, 6) is 0.531. The van der Waals surface area contributed by atoms with E-state index in [9.17, 15) is 5.11 Å². The maximum Gasteiger partial charge on any atom is 0.126 e. The third-order valence-electron chi connectivity index (χ3n) is 8.55. The predicted molar refractivity (Wildman–Crippen MR) is 132 cm³/mol. The van der Waals surface area contributed by atoms with Crippen LogP contribution in [0.3, 0.4) is 0 Å².